The number of carbonyl (C=O) groups excluding carboxylic acids is 2. The standard InChI is InChI=1S/C20H19N5O4S/c26-19(15-8-10-30(28,29)13-15)22-23-20(27)17-12-25(16-6-2-1-3-7-16)24-18(17)14-5-4-9-21-11-14/h1-7,9,11-12,15H,8,10,13H2,(H,22,26)(H,23,27). The predicted octanol–water partition coefficient (Wildman–Crippen LogP) is 1.13. The minimum atomic E-state index is -3.20. The summed E-state index contributed by atoms with van der Waals surface area (Å²) in [5, 5.41) is 4.52. The lowest BCUT2D eigenvalue weighted by Gasteiger charge is -2.10. The van der Waals surface area contributed by atoms with E-state index in [1.807, 2.05) is 30.3 Å². The van der Waals surface area contributed by atoms with E-state index in [9.17, 15) is 18.0 Å². The van der Waals surface area contributed by atoms with Crippen molar-refractivity contribution in [2.45, 2.75) is 6.42 Å². The van der Waals surface area contributed by atoms with Crippen molar-refractivity contribution in [2.24, 2.45) is 5.92 Å². The molecule has 2 amide bonds. The third kappa shape index (κ3) is 4.23. The summed E-state index contributed by atoms with van der Waals surface area (Å²) in [4.78, 5) is 29.1. The molecule has 2 aromatic heterocycles. The molecule has 1 saturated heterocycles. The highest BCUT2D eigenvalue weighted by molar-refractivity contribution is 7.91. The quantitative estimate of drug-likeness (QED) is 0.604. The monoisotopic (exact) mass is 425 g/mol. The molecule has 3 aromatic rings. The maximum atomic E-state index is 12.8. The van der Waals surface area contributed by atoms with Crippen LogP contribution < -0.4 is 10.9 Å². The van der Waals surface area contributed by atoms with Gasteiger partial charge in [-0.05, 0) is 30.7 Å². The van der Waals surface area contributed by atoms with E-state index in [2.05, 4.69) is 20.9 Å². The van der Waals surface area contributed by atoms with E-state index >= 15 is 0 Å². The fourth-order valence-corrected chi connectivity index (χ4v) is 5.00. The Morgan fingerprint density at radius 2 is 1.87 bits per heavy atom. The summed E-state index contributed by atoms with van der Waals surface area (Å²) in [5.74, 6) is -1.98. The van der Waals surface area contributed by atoms with Gasteiger partial charge in [0.25, 0.3) is 5.91 Å². The maximum Gasteiger partial charge on any atom is 0.273 e. The van der Waals surface area contributed by atoms with Gasteiger partial charge < -0.3 is 0 Å². The van der Waals surface area contributed by atoms with Crippen molar-refractivity contribution in [3.8, 4) is 16.9 Å². The Morgan fingerprint density at radius 3 is 2.53 bits per heavy atom. The number of pyridine rings is 1. The Kier molecular flexibility index (Phi) is 5.32. The van der Waals surface area contributed by atoms with Crippen molar-refractivity contribution in [3.63, 3.8) is 0 Å². The van der Waals surface area contributed by atoms with Gasteiger partial charge in [-0.3, -0.25) is 25.4 Å². The van der Waals surface area contributed by atoms with Gasteiger partial charge in [0.15, 0.2) is 9.84 Å². The zero-order chi connectivity index (χ0) is 21.1. The molecule has 9 nitrogen and oxygen atoms in total. The van der Waals surface area contributed by atoms with Crippen molar-refractivity contribution >= 4 is 21.7 Å². The molecule has 1 atom stereocenters. The molecule has 1 aliphatic rings. The summed E-state index contributed by atoms with van der Waals surface area (Å²) in [7, 11) is -3.20. The number of hydrazine groups is 1. The van der Waals surface area contributed by atoms with Gasteiger partial charge in [-0.15, -0.1) is 0 Å². The Balaban J connectivity index is 1.57. The topological polar surface area (TPSA) is 123 Å². The average molecular weight is 425 g/mol. The molecule has 30 heavy (non-hydrogen) atoms. The number of nitrogens with one attached hydrogen (secondary N) is 2. The molecule has 1 fully saturated rings. The summed E-state index contributed by atoms with van der Waals surface area (Å²) in [6, 6.07) is 12.8. The highest BCUT2D eigenvalue weighted by Gasteiger charge is 2.33. The lowest BCUT2D eigenvalue weighted by Crippen LogP contribution is -2.44. The SMILES string of the molecule is O=C(NNC(=O)C1CCS(=O)(=O)C1)c1cn(-c2ccccc2)nc1-c1cccnc1. The highest BCUT2D eigenvalue weighted by atomic mass is 32.2. The zero-order valence-corrected chi connectivity index (χ0v) is 16.7. The summed E-state index contributed by atoms with van der Waals surface area (Å²) in [6.45, 7) is 0. The second kappa shape index (κ2) is 8.07. The molecular weight excluding hydrogens is 406 g/mol. The molecule has 4 rings (SSSR count). The van der Waals surface area contributed by atoms with E-state index in [1.165, 1.54) is 0 Å². The number of hydrogen-bond donors (Lipinski definition) is 2. The summed E-state index contributed by atoms with van der Waals surface area (Å²) >= 11 is 0. The van der Waals surface area contributed by atoms with Crippen LogP contribution in [0.25, 0.3) is 16.9 Å². The number of carbonyl (C=O) groups is 2. The van der Waals surface area contributed by atoms with Crippen LogP contribution >= 0.6 is 0 Å². The lowest BCUT2D eigenvalue weighted by atomic mass is 10.1. The Labute approximate surface area is 173 Å². The highest BCUT2D eigenvalue weighted by Crippen LogP contribution is 2.23. The first-order chi connectivity index (χ1) is 14.4. The molecule has 0 spiro atoms. The van der Waals surface area contributed by atoms with Gasteiger partial charge in [-0.2, -0.15) is 5.10 Å². The molecule has 1 aliphatic heterocycles. The number of sulfone groups is 1. The van der Waals surface area contributed by atoms with E-state index < -0.39 is 27.6 Å². The third-order valence-corrected chi connectivity index (χ3v) is 6.58. The molecule has 2 N–H and O–H groups in total. The van der Waals surface area contributed by atoms with Crippen LogP contribution in [0.2, 0.25) is 0 Å². The van der Waals surface area contributed by atoms with Gasteiger partial charge in [0.1, 0.15) is 5.69 Å². The molecule has 0 radical (unpaired) electrons. The number of rotatable bonds is 4. The molecule has 0 bridgehead atoms. The van der Waals surface area contributed by atoms with Crippen LogP contribution in [0.15, 0.2) is 61.1 Å². The van der Waals surface area contributed by atoms with Crippen molar-refractivity contribution in [2.75, 3.05) is 11.5 Å². The van der Waals surface area contributed by atoms with E-state index in [4.69, 9.17) is 0 Å². The van der Waals surface area contributed by atoms with Gasteiger partial charge in [0.05, 0.1) is 28.7 Å². The van der Waals surface area contributed by atoms with E-state index in [0.29, 0.717) is 11.3 Å². The van der Waals surface area contributed by atoms with Crippen molar-refractivity contribution in [1.29, 1.82) is 0 Å². The van der Waals surface area contributed by atoms with Crippen LogP contribution in [-0.4, -0.2) is 46.5 Å². The number of aromatic nitrogens is 3. The minimum Gasteiger partial charge on any atom is -0.273 e. The van der Waals surface area contributed by atoms with Gasteiger partial charge in [-0.25, -0.2) is 13.1 Å². The van der Waals surface area contributed by atoms with Crippen LogP contribution in [0.1, 0.15) is 16.8 Å². The molecule has 154 valence electrons. The first kappa shape index (κ1) is 19.8. The predicted molar refractivity (Wildman–Crippen MR) is 109 cm³/mol. The van der Waals surface area contributed by atoms with Crippen LogP contribution in [0.3, 0.4) is 0 Å². The fourth-order valence-electron chi connectivity index (χ4n) is 3.26. The second-order valence-corrected chi connectivity index (χ2v) is 9.19. The Morgan fingerprint density at radius 1 is 1.07 bits per heavy atom. The average Bonchev–Trinajstić information content (AvgIpc) is 3.37. The normalized spacial score (nSPS) is 17.4. The number of para-hydroxylation sites is 1. The summed E-state index contributed by atoms with van der Waals surface area (Å²) in [5.41, 5.74) is 6.76. The molecule has 3 heterocycles. The van der Waals surface area contributed by atoms with Crippen molar-refractivity contribution in [1.82, 2.24) is 25.6 Å². The van der Waals surface area contributed by atoms with E-state index in [1.54, 1.807) is 35.4 Å². The van der Waals surface area contributed by atoms with Gasteiger partial charge in [-0.1, -0.05) is 18.2 Å². The van der Waals surface area contributed by atoms with Crippen molar-refractivity contribution < 1.29 is 18.0 Å². The summed E-state index contributed by atoms with van der Waals surface area (Å²) in [6.07, 6.45) is 5.03. The smallest absolute Gasteiger partial charge is 0.273 e. The molecule has 0 aliphatic carbocycles. The minimum absolute atomic E-state index is 0.0198. The third-order valence-electron chi connectivity index (χ3n) is 4.82. The molecular formula is C20H19N5O4S. The summed E-state index contributed by atoms with van der Waals surface area (Å²) < 4.78 is 24.7. The van der Waals surface area contributed by atoms with Crippen LogP contribution in [0.5, 0.6) is 0 Å². The van der Waals surface area contributed by atoms with Crippen LogP contribution in [0.4, 0.5) is 0 Å². The van der Waals surface area contributed by atoms with Crippen molar-refractivity contribution in [3.05, 3.63) is 66.6 Å². The second-order valence-electron chi connectivity index (χ2n) is 6.96. The maximum absolute atomic E-state index is 12.8. The molecule has 10 heteroatoms. The lowest BCUT2D eigenvalue weighted by molar-refractivity contribution is -0.125. The van der Waals surface area contributed by atoms with E-state index in [0.717, 1.165) is 5.69 Å². The number of nitrogens with zero attached hydrogens (tertiary/aromatic N) is 3. The molecule has 0 saturated carbocycles. The van der Waals surface area contributed by atoms with Gasteiger partial charge in [0, 0.05) is 24.2 Å². The first-order valence-electron chi connectivity index (χ1n) is 9.29. The van der Waals surface area contributed by atoms with E-state index in [-0.39, 0.29) is 23.5 Å². The zero-order valence-electron chi connectivity index (χ0n) is 15.9. The number of benzene rings is 1. The number of hydrogen-bond acceptors (Lipinski definition) is 6. The van der Waals surface area contributed by atoms with Gasteiger partial charge >= 0.3 is 0 Å². The molecule has 1 aromatic carbocycles. The first-order valence-corrected chi connectivity index (χ1v) is 11.1. The van der Waals surface area contributed by atoms with Crippen LogP contribution in [-0.2, 0) is 14.6 Å². The molecule has 1 unspecified atom stereocenters. The van der Waals surface area contributed by atoms with Crippen LogP contribution in [0, 0.1) is 5.92 Å². The fraction of sp³-hybridized carbons (Fsp3) is 0.200. The Bertz CT molecular complexity index is 1180. The number of amides is 2. The Hall–Kier alpha value is -3.53. The van der Waals surface area contributed by atoms with Gasteiger partial charge in [0.2, 0.25) is 5.91 Å². The largest absolute Gasteiger partial charge is 0.273 e.